The van der Waals surface area contributed by atoms with Crippen molar-refractivity contribution < 1.29 is 14.7 Å². The summed E-state index contributed by atoms with van der Waals surface area (Å²) in [7, 11) is 0. The number of benzene rings is 1. The van der Waals surface area contributed by atoms with Gasteiger partial charge in [0.15, 0.2) is 0 Å². The molecule has 0 radical (unpaired) electrons. The van der Waals surface area contributed by atoms with Crippen molar-refractivity contribution in [1.82, 2.24) is 5.32 Å². The zero-order valence-corrected chi connectivity index (χ0v) is 12.0. The predicted octanol–water partition coefficient (Wildman–Crippen LogP) is 2.83. The monoisotopic (exact) mass is 287 g/mol. The van der Waals surface area contributed by atoms with Crippen LogP contribution in [-0.4, -0.2) is 17.0 Å². The number of rotatable bonds is 5. The third kappa shape index (κ3) is 3.26. The summed E-state index contributed by atoms with van der Waals surface area (Å²) < 4.78 is 0. The number of carboxylic acid groups (broad SMARTS) is 1. The van der Waals surface area contributed by atoms with E-state index in [9.17, 15) is 9.59 Å². The quantitative estimate of drug-likeness (QED) is 0.875. The van der Waals surface area contributed by atoms with E-state index in [1.165, 1.54) is 25.7 Å². The van der Waals surface area contributed by atoms with Crippen LogP contribution in [0.2, 0.25) is 0 Å². The van der Waals surface area contributed by atoms with Crippen LogP contribution in [0, 0.1) is 17.8 Å². The average Bonchev–Trinajstić information content (AvgIpc) is 3.08. The number of amides is 1. The minimum absolute atomic E-state index is 0.120. The highest BCUT2D eigenvalue weighted by atomic mass is 16.4. The second-order valence-electron chi connectivity index (χ2n) is 6.42. The maximum atomic E-state index is 12.0. The molecule has 2 fully saturated rings. The van der Waals surface area contributed by atoms with Gasteiger partial charge >= 0.3 is 5.97 Å². The number of aromatic carboxylic acids is 1. The minimum Gasteiger partial charge on any atom is -0.478 e. The van der Waals surface area contributed by atoms with Gasteiger partial charge in [-0.15, -0.1) is 0 Å². The van der Waals surface area contributed by atoms with Crippen molar-refractivity contribution in [2.45, 2.75) is 38.6 Å². The molecule has 2 N–H and O–H groups in total. The number of carbonyl (C=O) groups excluding carboxylic acids is 1. The third-order valence-corrected chi connectivity index (χ3v) is 5.02. The van der Waals surface area contributed by atoms with Crippen molar-refractivity contribution in [1.29, 1.82) is 0 Å². The van der Waals surface area contributed by atoms with Crippen LogP contribution in [0.15, 0.2) is 24.3 Å². The van der Waals surface area contributed by atoms with Gasteiger partial charge in [-0.1, -0.05) is 18.6 Å². The lowest BCUT2D eigenvalue weighted by molar-refractivity contribution is -0.122. The fraction of sp³-hybridized carbons (Fsp3) is 0.529. The summed E-state index contributed by atoms with van der Waals surface area (Å²) in [5, 5.41) is 11.8. The van der Waals surface area contributed by atoms with Gasteiger partial charge in [-0.25, -0.2) is 4.79 Å². The second-order valence-corrected chi connectivity index (χ2v) is 6.42. The number of hydrogen-bond acceptors (Lipinski definition) is 2. The van der Waals surface area contributed by atoms with Crippen LogP contribution < -0.4 is 5.32 Å². The molecule has 2 aliphatic rings. The molecular formula is C17H21NO3. The lowest BCUT2D eigenvalue weighted by Gasteiger charge is -2.20. The molecule has 4 heteroatoms. The highest BCUT2D eigenvalue weighted by molar-refractivity contribution is 5.87. The molecule has 0 aliphatic heterocycles. The Morgan fingerprint density at radius 2 is 1.90 bits per heavy atom. The molecule has 0 spiro atoms. The van der Waals surface area contributed by atoms with E-state index in [0.29, 0.717) is 18.9 Å². The number of carboxylic acids is 1. The first-order valence-corrected chi connectivity index (χ1v) is 7.70. The molecule has 3 rings (SSSR count). The fourth-order valence-corrected chi connectivity index (χ4v) is 3.90. The number of carbonyl (C=O) groups is 2. The molecule has 1 aromatic carbocycles. The molecule has 3 unspecified atom stereocenters. The lowest BCUT2D eigenvalue weighted by atomic mass is 9.86. The molecular weight excluding hydrogens is 266 g/mol. The third-order valence-electron chi connectivity index (χ3n) is 5.02. The summed E-state index contributed by atoms with van der Waals surface area (Å²) in [6, 6.07) is 6.64. The van der Waals surface area contributed by atoms with Crippen molar-refractivity contribution in [3.8, 4) is 0 Å². The number of hydrogen-bond donors (Lipinski definition) is 2. The van der Waals surface area contributed by atoms with Crippen molar-refractivity contribution >= 4 is 11.9 Å². The van der Waals surface area contributed by atoms with Gasteiger partial charge in [0.05, 0.1) is 5.56 Å². The van der Waals surface area contributed by atoms with Crippen LogP contribution in [0.25, 0.3) is 0 Å². The number of fused-ring (bicyclic) bond motifs is 2. The predicted molar refractivity (Wildman–Crippen MR) is 78.8 cm³/mol. The van der Waals surface area contributed by atoms with Crippen LogP contribution in [0.1, 0.15) is 48.0 Å². The summed E-state index contributed by atoms with van der Waals surface area (Å²) in [6.45, 7) is 0.472. The van der Waals surface area contributed by atoms with Gasteiger partial charge in [0.2, 0.25) is 5.91 Å². The zero-order valence-electron chi connectivity index (χ0n) is 12.0. The Morgan fingerprint density at radius 3 is 2.48 bits per heavy atom. The highest BCUT2D eigenvalue weighted by Crippen LogP contribution is 2.49. The maximum Gasteiger partial charge on any atom is 0.335 e. The van der Waals surface area contributed by atoms with Crippen molar-refractivity contribution in [3.05, 3.63) is 35.4 Å². The van der Waals surface area contributed by atoms with E-state index in [1.54, 1.807) is 24.3 Å². The molecule has 0 heterocycles. The Labute approximate surface area is 124 Å². The number of nitrogens with one attached hydrogen (secondary N) is 1. The van der Waals surface area contributed by atoms with Crippen LogP contribution >= 0.6 is 0 Å². The second kappa shape index (κ2) is 5.88. The molecule has 4 nitrogen and oxygen atoms in total. The lowest BCUT2D eigenvalue weighted by Crippen LogP contribution is -2.26. The first kappa shape index (κ1) is 14.1. The molecule has 1 amide bonds. The van der Waals surface area contributed by atoms with Gasteiger partial charge < -0.3 is 10.4 Å². The van der Waals surface area contributed by atoms with Crippen LogP contribution in [0.5, 0.6) is 0 Å². The normalized spacial score (nSPS) is 26.8. The van der Waals surface area contributed by atoms with E-state index in [4.69, 9.17) is 5.11 Å². The summed E-state index contributed by atoms with van der Waals surface area (Å²) in [6.07, 6.45) is 5.87. The van der Waals surface area contributed by atoms with Gasteiger partial charge in [-0.3, -0.25) is 4.79 Å². The first-order valence-electron chi connectivity index (χ1n) is 7.70. The van der Waals surface area contributed by atoms with Gasteiger partial charge in [0.25, 0.3) is 0 Å². The summed E-state index contributed by atoms with van der Waals surface area (Å²) in [5.74, 6) is 1.42. The Bertz CT molecular complexity index is 537. The first-order chi connectivity index (χ1) is 10.1. The molecule has 2 saturated carbocycles. The van der Waals surface area contributed by atoms with Gasteiger partial charge in [-0.2, -0.15) is 0 Å². The maximum absolute atomic E-state index is 12.0. The van der Waals surface area contributed by atoms with Crippen molar-refractivity contribution in [2.24, 2.45) is 17.8 Å². The van der Waals surface area contributed by atoms with Crippen molar-refractivity contribution in [2.75, 3.05) is 0 Å². The Kier molecular flexibility index (Phi) is 3.95. The van der Waals surface area contributed by atoms with Crippen LogP contribution in [0.4, 0.5) is 0 Å². The van der Waals surface area contributed by atoms with Gasteiger partial charge in [-0.05, 0) is 54.7 Å². The molecule has 0 aromatic heterocycles. The molecule has 0 saturated heterocycles. The highest BCUT2D eigenvalue weighted by Gasteiger charge is 2.39. The molecule has 2 aliphatic carbocycles. The van der Waals surface area contributed by atoms with Crippen molar-refractivity contribution in [3.63, 3.8) is 0 Å². The minimum atomic E-state index is -0.929. The van der Waals surface area contributed by atoms with E-state index in [2.05, 4.69) is 5.32 Å². The Balaban J connectivity index is 1.46. The molecule has 21 heavy (non-hydrogen) atoms. The van der Waals surface area contributed by atoms with E-state index < -0.39 is 5.97 Å². The van der Waals surface area contributed by atoms with E-state index >= 15 is 0 Å². The summed E-state index contributed by atoms with van der Waals surface area (Å²) in [4.78, 5) is 22.8. The zero-order chi connectivity index (χ0) is 14.8. The molecule has 112 valence electrons. The summed E-state index contributed by atoms with van der Waals surface area (Å²) in [5.41, 5.74) is 1.20. The molecule has 2 bridgehead atoms. The molecule has 1 aromatic rings. The average molecular weight is 287 g/mol. The molecule has 3 atom stereocenters. The smallest absolute Gasteiger partial charge is 0.335 e. The van der Waals surface area contributed by atoms with E-state index in [1.807, 2.05) is 0 Å². The van der Waals surface area contributed by atoms with Gasteiger partial charge in [0, 0.05) is 13.0 Å². The van der Waals surface area contributed by atoms with E-state index in [-0.39, 0.29) is 11.5 Å². The Hall–Kier alpha value is -1.84. The largest absolute Gasteiger partial charge is 0.478 e. The van der Waals surface area contributed by atoms with Gasteiger partial charge in [0.1, 0.15) is 0 Å². The Morgan fingerprint density at radius 1 is 1.14 bits per heavy atom. The van der Waals surface area contributed by atoms with Crippen LogP contribution in [-0.2, 0) is 11.3 Å². The SMILES string of the molecule is O=C(CC1CC2CCC1C2)NCc1ccc(C(=O)O)cc1. The topological polar surface area (TPSA) is 66.4 Å². The standard InChI is InChI=1S/C17H21NO3/c19-16(9-15-8-12-3-6-14(15)7-12)18-10-11-1-4-13(5-2-11)17(20)21/h1-2,4-5,12,14-15H,3,6-10H2,(H,18,19)(H,20,21). The summed E-state index contributed by atoms with van der Waals surface area (Å²) >= 11 is 0. The fourth-order valence-electron chi connectivity index (χ4n) is 3.90. The van der Waals surface area contributed by atoms with E-state index in [0.717, 1.165) is 17.4 Å². The van der Waals surface area contributed by atoms with Crippen LogP contribution in [0.3, 0.4) is 0 Å².